The van der Waals surface area contributed by atoms with Gasteiger partial charge < -0.3 is 15.8 Å². The molecule has 1 heterocycles. The van der Waals surface area contributed by atoms with Crippen molar-refractivity contribution in [1.29, 1.82) is 0 Å². The summed E-state index contributed by atoms with van der Waals surface area (Å²) in [6, 6.07) is 13.4. The molecule has 0 aliphatic heterocycles. The highest BCUT2D eigenvalue weighted by Crippen LogP contribution is 2.33. The summed E-state index contributed by atoms with van der Waals surface area (Å²) in [6.07, 6.45) is 2.79. The SMILES string of the molecule is NCCCCc1c(-c2ccc(Br)cc2)[nH]c2ccc(C(=O)O)cc12. The molecule has 0 fully saturated rings. The second-order valence-corrected chi connectivity index (χ2v) is 6.71. The molecule has 2 aromatic carbocycles. The van der Waals surface area contributed by atoms with Gasteiger partial charge in [-0.2, -0.15) is 0 Å². The zero-order valence-corrected chi connectivity index (χ0v) is 14.8. The highest BCUT2D eigenvalue weighted by Gasteiger charge is 2.15. The Labute approximate surface area is 148 Å². The Morgan fingerprint density at radius 1 is 1.12 bits per heavy atom. The van der Waals surface area contributed by atoms with Crippen molar-refractivity contribution in [3.63, 3.8) is 0 Å². The van der Waals surface area contributed by atoms with Crippen molar-refractivity contribution in [1.82, 2.24) is 4.98 Å². The van der Waals surface area contributed by atoms with Crippen molar-refractivity contribution in [3.8, 4) is 11.3 Å². The van der Waals surface area contributed by atoms with E-state index in [1.54, 1.807) is 12.1 Å². The molecule has 0 saturated heterocycles. The van der Waals surface area contributed by atoms with Gasteiger partial charge in [-0.05, 0) is 67.3 Å². The first-order valence-corrected chi connectivity index (χ1v) is 8.73. The van der Waals surface area contributed by atoms with E-state index in [1.807, 2.05) is 18.2 Å². The van der Waals surface area contributed by atoms with Gasteiger partial charge in [0.15, 0.2) is 0 Å². The van der Waals surface area contributed by atoms with Gasteiger partial charge >= 0.3 is 5.97 Å². The Bertz CT molecular complexity index is 869. The lowest BCUT2D eigenvalue weighted by Gasteiger charge is -2.06. The Hall–Kier alpha value is -2.11. The predicted octanol–water partition coefficient (Wildman–Crippen LogP) is 4.58. The molecule has 3 aromatic rings. The number of aromatic carboxylic acids is 1. The van der Waals surface area contributed by atoms with Gasteiger partial charge in [-0.3, -0.25) is 0 Å². The molecule has 0 spiro atoms. The number of carboxylic acid groups (broad SMARTS) is 1. The standard InChI is InChI=1S/C19H19BrN2O2/c20-14-7-4-12(5-8-14)18-15(3-1-2-10-21)16-11-13(19(23)24)6-9-17(16)22-18/h4-9,11,22H,1-3,10,21H2,(H,23,24). The first-order valence-electron chi connectivity index (χ1n) is 7.94. The fraction of sp³-hybridized carbons (Fsp3) is 0.211. The van der Waals surface area contributed by atoms with Gasteiger partial charge in [0.2, 0.25) is 0 Å². The van der Waals surface area contributed by atoms with Crippen LogP contribution in [0.5, 0.6) is 0 Å². The van der Waals surface area contributed by atoms with E-state index >= 15 is 0 Å². The van der Waals surface area contributed by atoms with Crippen LogP contribution in [0, 0.1) is 0 Å². The Morgan fingerprint density at radius 3 is 2.54 bits per heavy atom. The number of H-pyrrole nitrogens is 1. The van der Waals surface area contributed by atoms with Crippen molar-refractivity contribution in [2.24, 2.45) is 5.73 Å². The minimum Gasteiger partial charge on any atom is -0.478 e. The number of carbonyl (C=O) groups is 1. The zero-order chi connectivity index (χ0) is 17.1. The number of nitrogens with two attached hydrogens (primary N) is 1. The van der Waals surface area contributed by atoms with E-state index in [1.165, 1.54) is 0 Å². The van der Waals surface area contributed by atoms with E-state index in [9.17, 15) is 9.90 Å². The summed E-state index contributed by atoms with van der Waals surface area (Å²) >= 11 is 3.46. The van der Waals surface area contributed by atoms with Gasteiger partial charge in [0.25, 0.3) is 0 Å². The van der Waals surface area contributed by atoms with Gasteiger partial charge in [-0.1, -0.05) is 28.1 Å². The lowest BCUT2D eigenvalue weighted by Crippen LogP contribution is -1.99. The summed E-state index contributed by atoms with van der Waals surface area (Å²) in [5.41, 5.74) is 10.2. The molecule has 0 aliphatic rings. The monoisotopic (exact) mass is 386 g/mol. The summed E-state index contributed by atoms with van der Waals surface area (Å²) in [5, 5.41) is 10.2. The van der Waals surface area contributed by atoms with Crippen LogP contribution in [0.1, 0.15) is 28.8 Å². The Morgan fingerprint density at radius 2 is 1.88 bits per heavy atom. The number of nitrogens with one attached hydrogen (secondary N) is 1. The molecular formula is C19H19BrN2O2. The molecule has 24 heavy (non-hydrogen) atoms. The lowest BCUT2D eigenvalue weighted by molar-refractivity contribution is 0.0697. The number of aromatic nitrogens is 1. The number of benzene rings is 2. The van der Waals surface area contributed by atoms with Gasteiger partial charge in [0.05, 0.1) is 5.56 Å². The third-order valence-electron chi connectivity index (χ3n) is 4.17. The first-order chi connectivity index (χ1) is 11.6. The number of aryl methyl sites for hydroxylation is 1. The number of rotatable bonds is 6. The van der Waals surface area contributed by atoms with Crippen molar-refractivity contribution >= 4 is 32.8 Å². The molecule has 0 unspecified atom stereocenters. The molecule has 0 atom stereocenters. The van der Waals surface area contributed by atoms with Crippen LogP contribution >= 0.6 is 15.9 Å². The van der Waals surface area contributed by atoms with Crippen LogP contribution in [-0.2, 0) is 6.42 Å². The summed E-state index contributed by atoms with van der Waals surface area (Å²) in [7, 11) is 0. The summed E-state index contributed by atoms with van der Waals surface area (Å²) in [5.74, 6) is -0.906. The maximum absolute atomic E-state index is 11.3. The number of halogens is 1. The van der Waals surface area contributed by atoms with Crippen LogP contribution in [0.3, 0.4) is 0 Å². The molecule has 5 heteroatoms. The molecule has 0 amide bonds. The number of hydrogen-bond donors (Lipinski definition) is 3. The smallest absolute Gasteiger partial charge is 0.335 e. The van der Waals surface area contributed by atoms with E-state index in [0.29, 0.717) is 12.1 Å². The van der Waals surface area contributed by atoms with Crippen LogP contribution in [0.25, 0.3) is 22.2 Å². The Balaban J connectivity index is 2.13. The van der Waals surface area contributed by atoms with Crippen molar-refractivity contribution in [3.05, 3.63) is 58.1 Å². The molecule has 0 bridgehead atoms. The second-order valence-electron chi connectivity index (χ2n) is 5.80. The summed E-state index contributed by atoms with van der Waals surface area (Å²) in [4.78, 5) is 14.8. The van der Waals surface area contributed by atoms with E-state index in [0.717, 1.165) is 51.5 Å². The van der Waals surface area contributed by atoms with Crippen molar-refractivity contribution in [2.45, 2.75) is 19.3 Å². The van der Waals surface area contributed by atoms with Crippen LogP contribution in [0.2, 0.25) is 0 Å². The fourth-order valence-electron chi connectivity index (χ4n) is 2.95. The number of aromatic amines is 1. The highest BCUT2D eigenvalue weighted by molar-refractivity contribution is 9.10. The molecule has 1 aromatic heterocycles. The molecular weight excluding hydrogens is 368 g/mol. The first kappa shape index (κ1) is 16.7. The molecule has 0 aliphatic carbocycles. The summed E-state index contributed by atoms with van der Waals surface area (Å²) in [6.45, 7) is 0.663. The van der Waals surface area contributed by atoms with E-state index in [4.69, 9.17) is 5.73 Å². The third-order valence-corrected chi connectivity index (χ3v) is 4.70. The quantitative estimate of drug-likeness (QED) is 0.542. The van der Waals surface area contributed by atoms with Crippen molar-refractivity contribution in [2.75, 3.05) is 6.54 Å². The third kappa shape index (κ3) is 3.37. The fourth-order valence-corrected chi connectivity index (χ4v) is 3.21. The zero-order valence-electron chi connectivity index (χ0n) is 13.2. The average molecular weight is 387 g/mol. The van der Waals surface area contributed by atoms with Crippen molar-refractivity contribution < 1.29 is 9.90 Å². The van der Waals surface area contributed by atoms with Crippen LogP contribution in [0.15, 0.2) is 46.9 Å². The van der Waals surface area contributed by atoms with Gasteiger partial charge in [-0.25, -0.2) is 4.79 Å². The van der Waals surface area contributed by atoms with E-state index in [2.05, 4.69) is 33.0 Å². The average Bonchev–Trinajstić information content (AvgIpc) is 2.94. The number of unbranched alkanes of at least 4 members (excludes halogenated alkanes) is 1. The molecule has 4 nitrogen and oxygen atoms in total. The molecule has 124 valence electrons. The van der Waals surface area contributed by atoms with Crippen LogP contribution in [0.4, 0.5) is 0 Å². The molecule has 4 N–H and O–H groups in total. The van der Waals surface area contributed by atoms with Crippen LogP contribution < -0.4 is 5.73 Å². The van der Waals surface area contributed by atoms with Gasteiger partial charge in [0, 0.05) is 21.1 Å². The number of carboxylic acids is 1. The lowest BCUT2D eigenvalue weighted by atomic mass is 9.99. The predicted molar refractivity (Wildman–Crippen MR) is 100 cm³/mol. The maximum Gasteiger partial charge on any atom is 0.335 e. The van der Waals surface area contributed by atoms with E-state index in [-0.39, 0.29) is 0 Å². The Kier molecular flexibility index (Phi) is 5.02. The van der Waals surface area contributed by atoms with Crippen LogP contribution in [-0.4, -0.2) is 22.6 Å². The largest absolute Gasteiger partial charge is 0.478 e. The second kappa shape index (κ2) is 7.20. The molecule has 0 saturated carbocycles. The maximum atomic E-state index is 11.3. The normalized spacial score (nSPS) is 11.1. The summed E-state index contributed by atoms with van der Waals surface area (Å²) < 4.78 is 1.03. The highest BCUT2D eigenvalue weighted by atomic mass is 79.9. The molecule has 0 radical (unpaired) electrons. The van der Waals surface area contributed by atoms with E-state index < -0.39 is 5.97 Å². The number of fused-ring (bicyclic) bond motifs is 1. The topological polar surface area (TPSA) is 79.1 Å². The van der Waals surface area contributed by atoms with Gasteiger partial charge in [0.1, 0.15) is 0 Å². The number of hydrogen-bond acceptors (Lipinski definition) is 2. The minimum absolute atomic E-state index is 0.309. The minimum atomic E-state index is -0.906. The molecule has 3 rings (SSSR count). The van der Waals surface area contributed by atoms with Gasteiger partial charge in [-0.15, -0.1) is 0 Å².